The third-order valence-electron chi connectivity index (χ3n) is 4.83. The van der Waals surface area contributed by atoms with E-state index in [1.165, 1.54) is 19.1 Å². The highest BCUT2D eigenvalue weighted by atomic mass is 16.5. The van der Waals surface area contributed by atoms with E-state index in [2.05, 4.69) is 61.2 Å². The van der Waals surface area contributed by atoms with Gasteiger partial charge in [-0.1, -0.05) is 58.0 Å². The van der Waals surface area contributed by atoms with Crippen LogP contribution in [0.4, 0.5) is 4.79 Å². The highest BCUT2D eigenvalue weighted by Crippen LogP contribution is 2.20. The quantitative estimate of drug-likeness (QED) is 0.849. The molecular formula is C22H36N2O3. The van der Waals surface area contributed by atoms with Crippen LogP contribution in [0.2, 0.25) is 0 Å². The average Bonchev–Trinajstić information content (AvgIpc) is 2.69. The maximum Gasteiger partial charge on any atom is 0.406 e. The van der Waals surface area contributed by atoms with Crippen molar-refractivity contribution in [2.45, 2.75) is 58.8 Å². The Balaban J connectivity index is 0.000000309. The molecule has 5 heteroatoms. The van der Waals surface area contributed by atoms with Crippen LogP contribution in [0, 0.1) is 5.92 Å². The zero-order valence-corrected chi connectivity index (χ0v) is 17.6. The number of piperidine rings is 1. The number of methoxy groups -OCH3 is 1. The Morgan fingerprint density at radius 3 is 2.15 bits per heavy atom. The van der Waals surface area contributed by atoms with Crippen LogP contribution in [0.1, 0.15) is 58.9 Å². The van der Waals surface area contributed by atoms with Gasteiger partial charge in [0, 0.05) is 19.6 Å². The third kappa shape index (κ3) is 8.46. The molecular weight excluding hydrogens is 340 g/mol. The topological polar surface area (TPSA) is 58.6 Å². The molecule has 1 N–H and O–H groups in total. The number of carbonyl (C=O) groups excluding carboxylic acids is 2. The summed E-state index contributed by atoms with van der Waals surface area (Å²) in [6.07, 6.45) is 3.65. The first-order chi connectivity index (χ1) is 12.8. The van der Waals surface area contributed by atoms with E-state index in [9.17, 15) is 9.59 Å². The van der Waals surface area contributed by atoms with E-state index < -0.39 is 6.09 Å². The van der Waals surface area contributed by atoms with Crippen LogP contribution in [0.25, 0.3) is 0 Å². The highest BCUT2D eigenvalue weighted by Gasteiger charge is 2.24. The molecule has 1 fully saturated rings. The lowest BCUT2D eigenvalue weighted by atomic mass is 9.87. The van der Waals surface area contributed by atoms with E-state index in [1.807, 2.05) is 11.8 Å². The summed E-state index contributed by atoms with van der Waals surface area (Å²) in [5, 5.41) is 2.59. The van der Waals surface area contributed by atoms with E-state index in [0.29, 0.717) is 12.0 Å². The summed E-state index contributed by atoms with van der Waals surface area (Å²) >= 11 is 0. The van der Waals surface area contributed by atoms with Crippen LogP contribution < -0.4 is 5.32 Å². The number of carbonyl (C=O) groups is 2. The standard InChI is InChI=1S/C12H22N2O3.C10H14/c1-3-10(9-13-12(16)17-2)11(15)14-7-5-4-6-8-14;1-10(2,3)9-7-5-4-6-8-9/h10H,3-9H2,1-2H3,(H,13,16);4-8H,1-3H3. The highest BCUT2D eigenvalue weighted by molar-refractivity contribution is 5.79. The van der Waals surface area contributed by atoms with Gasteiger partial charge in [0.25, 0.3) is 0 Å². The summed E-state index contributed by atoms with van der Waals surface area (Å²) in [4.78, 5) is 25.1. The van der Waals surface area contributed by atoms with Gasteiger partial charge in [0.2, 0.25) is 5.91 Å². The molecule has 0 aliphatic carbocycles. The molecule has 1 heterocycles. The number of alkyl carbamates (subject to hydrolysis) is 1. The van der Waals surface area contributed by atoms with Crippen LogP contribution in [0.3, 0.4) is 0 Å². The van der Waals surface area contributed by atoms with Gasteiger partial charge in [0.1, 0.15) is 0 Å². The monoisotopic (exact) mass is 376 g/mol. The number of ether oxygens (including phenoxy) is 1. The molecule has 1 saturated heterocycles. The molecule has 1 unspecified atom stereocenters. The first kappa shape index (κ1) is 23.0. The van der Waals surface area contributed by atoms with Crippen molar-refractivity contribution in [3.8, 4) is 0 Å². The molecule has 0 bridgehead atoms. The summed E-state index contributed by atoms with van der Waals surface area (Å²) in [6, 6.07) is 10.6. The van der Waals surface area contributed by atoms with Gasteiger partial charge < -0.3 is 15.0 Å². The Morgan fingerprint density at radius 1 is 1.11 bits per heavy atom. The molecule has 152 valence electrons. The molecule has 1 aliphatic heterocycles. The van der Waals surface area contributed by atoms with Gasteiger partial charge in [-0.3, -0.25) is 4.79 Å². The predicted octanol–water partition coefficient (Wildman–Crippen LogP) is 4.37. The van der Waals surface area contributed by atoms with Crippen molar-refractivity contribution in [2.24, 2.45) is 5.92 Å². The molecule has 0 saturated carbocycles. The van der Waals surface area contributed by atoms with Gasteiger partial charge in [0.05, 0.1) is 13.0 Å². The fourth-order valence-corrected chi connectivity index (χ4v) is 3.00. The second-order valence-electron chi connectivity index (χ2n) is 7.98. The molecule has 0 radical (unpaired) electrons. The lowest BCUT2D eigenvalue weighted by Crippen LogP contribution is -2.43. The molecule has 27 heavy (non-hydrogen) atoms. The van der Waals surface area contributed by atoms with Crippen molar-refractivity contribution < 1.29 is 14.3 Å². The Morgan fingerprint density at radius 2 is 1.70 bits per heavy atom. The maximum absolute atomic E-state index is 12.2. The molecule has 0 spiro atoms. The largest absolute Gasteiger partial charge is 0.453 e. The molecule has 5 nitrogen and oxygen atoms in total. The zero-order chi connectivity index (χ0) is 20.3. The number of hydrogen-bond acceptors (Lipinski definition) is 3. The van der Waals surface area contributed by atoms with Gasteiger partial charge >= 0.3 is 6.09 Å². The van der Waals surface area contributed by atoms with Crippen molar-refractivity contribution in [2.75, 3.05) is 26.7 Å². The van der Waals surface area contributed by atoms with Crippen molar-refractivity contribution in [1.82, 2.24) is 10.2 Å². The van der Waals surface area contributed by atoms with Crippen LogP contribution in [0.5, 0.6) is 0 Å². The van der Waals surface area contributed by atoms with Crippen molar-refractivity contribution in [1.29, 1.82) is 0 Å². The third-order valence-corrected chi connectivity index (χ3v) is 4.83. The summed E-state index contributed by atoms with van der Waals surface area (Å²) in [7, 11) is 1.32. The molecule has 1 aromatic rings. The zero-order valence-electron chi connectivity index (χ0n) is 17.6. The average molecular weight is 377 g/mol. The molecule has 2 amide bonds. The smallest absolute Gasteiger partial charge is 0.406 e. The first-order valence-electron chi connectivity index (χ1n) is 9.95. The van der Waals surface area contributed by atoms with Crippen LogP contribution in [0.15, 0.2) is 30.3 Å². The van der Waals surface area contributed by atoms with Crippen LogP contribution >= 0.6 is 0 Å². The number of hydrogen-bond donors (Lipinski definition) is 1. The van der Waals surface area contributed by atoms with Crippen LogP contribution in [-0.2, 0) is 14.9 Å². The molecule has 2 rings (SSSR count). The van der Waals surface area contributed by atoms with E-state index >= 15 is 0 Å². The minimum atomic E-state index is -0.477. The minimum absolute atomic E-state index is 0.132. The number of amides is 2. The second kappa shape index (κ2) is 11.6. The Hall–Kier alpha value is -2.04. The van der Waals surface area contributed by atoms with E-state index in [0.717, 1.165) is 32.4 Å². The normalized spacial score (nSPS) is 15.2. The fourth-order valence-electron chi connectivity index (χ4n) is 3.00. The van der Waals surface area contributed by atoms with E-state index in [4.69, 9.17) is 0 Å². The minimum Gasteiger partial charge on any atom is -0.453 e. The van der Waals surface area contributed by atoms with Gasteiger partial charge in [-0.25, -0.2) is 4.79 Å². The summed E-state index contributed by atoms with van der Waals surface area (Å²) in [5.74, 6) is 0.0239. The summed E-state index contributed by atoms with van der Waals surface area (Å²) in [6.45, 7) is 10.7. The van der Waals surface area contributed by atoms with Crippen molar-refractivity contribution in [3.05, 3.63) is 35.9 Å². The summed E-state index contributed by atoms with van der Waals surface area (Å²) < 4.78 is 4.50. The first-order valence-corrected chi connectivity index (χ1v) is 9.95. The number of benzene rings is 1. The maximum atomic E-state index is 12.2. The van der Waals surface area contributed by atoms with E-state index in [1.54, 1.807) is 0 Å². The Kier molecular flexibility index (Phi) is 9.90. The number of likely N-dealkylation sites (tertiary alicyclic amines) is 1. The lowest BCUT2D eigenvalue weighted by molar-refractivity contribution is -0.136. The Bertz CT molecular complexity index is 561. The molecule has 1 atom stereocenters. The van der Waals surface area contributed by atoms with Crippen molar-refractivity contribution >= 4 is 12.0 Å². The second-order valence-corrected chi connectivity index (χ2v) is 7.98. The lowest BCUT2D eigenvalue weighted by Gasteiger charge is -2.30. The van der Waals surface area contributed by atoms with E-state index in [-0.39, 0.29) is 11.8 Å². The van der Waals surface area contributed by atoms with Gasteiger partial charge in [-0.15, -0.1) is 0 Å². The van der Waals surface area contributed by atoms with Gasteiger partial charge in [-0.2, -0.15) is 0 Å². The molecule has 1 aliphatic rings. The Labute approximate surface area is 164 Å². The predicted molar refractivity (Wildman–Crippen MR) is 110 cm³/mol. The van der Waals surface area contributed by atoms with Gasteiger partial charge in [0.15, 0.2) is 0 Å². The SMILES string of the molecule is CC(C)(C)c1ccccc1.CCC(CNC(=O)OC)C(=O)N1CCCCC1. The van der Waals surface area contributed by atoms with Crippen LogP contribution in [-0.4, -0.2) is 43.6 Å². The fraction of sp³-hybridized carbons (Fsp3) is 0.636. The molecule has 1 aromatic carbocycles. The number of nitrogens with one attached hydrogen (secondary N) is 1. The molecule has 0 aromatic heterocycles. The van der Waals surface area contributed by atoms with Crippen molar-refractivity contribution in [3.63, 3.8) is 0 Å². The summed E-state index contributed by atoms with van der Waals surface area (Å²) in [5.41, 5.74) is 1.69. The number of rotatable bonds is 4. The van der Waals surface area contributed by atoms with Gasteiger partial charge in [-0.05, 0) is 36.7 Å². The number of nitrogens with zero attached hydrogens (tertiary/aromatic N) is 1.